The summed E-state index contributed by atoms with van der Waals surface area (Å²) in [4.78, 5) is 10.4. The predicted molar refractivity (Wildman–Crippen MR) is 48.6 cm³/mol. The van der Waals surface area contributed by atoms with Crippen molar-refractivity contribution in [1.29, 1.82) is 0 Å². The smallest absolute Gasteiger partial charge is 0.286 e. The van der Waals surface area contributed by atoms with Gasteiger partial charge in [-0.05, 0) is 12.3 Å². The van der Waals surface area contributed by atoms with Gasteiger partial charge < -0.3 is 4.74 Å². The Morgan fingerprint density at radius 1 is 1.54 bits per heavy atom. The highest BCUT2D eigenvalue weighted by Crippen LogP contribution is 2.33. The number of hydrogen-bond donors (Lipinski definition) is 0. The lowest BCUT2D eigenvalue weighted by Gasteiger charge is -2.23. The fraction of sp³-hybridized carbons (Fsp3) is 0.778. The molecule has 2 unspecified atom stereocenters. The second kappa shape index (κ2) is 3.77. The predicted octanol–water partition coefficient (Wildman–Crippen LogP) is 2.19. The highest BCUT2D eigenvalue weighted by atomic mass is 16.6. The zero-order valence-electron chi connectivity index (χ0n) is 8.24. The van der Waals surface area contributed by atoms with E-state index in [1.807, 2.05) is 6.92 Å². The van der Waals surface area contributed by atoms with E-state index in [-0.39, 0.29) is 16.5 Å². The minimum Gasteiger partial charge on any atom is -0.494 e. The van der Waals surface area contributed by atoms with Crippen LogP contribution in [-0.2, 0) is 4.74 Å². The topological polar surface area (TPSA) is 52.4 Å². The third-order valence-corrected chi connectivity index (χ3v) is 2.49. The summed E-state index contributed by atoms with van der Waals surface area (Å²) < 4.78 is 5.04. The normalized spacial score (nSPS) is 28.8. The molecule has 0 bridgehead atoms. The fourth-order valence-electron chi connectivity index (χ4n) is 1.96. The molecule has 0 amide bonds. The molecule has 0 fully saturated rings. The Bertz CT molecular complexity index is 247. The molecule has 0 saturated heterocycles. The van der Waals surface area contributed by atoms with Crippen LogP contribution in [0.25, 0.3) is 0 Å². The zero-order chi connectivity index (χ0) is 10.0. The molecule has 0 radical (unpaired) electrons. The van der Waals surface area contributed by atoms with Crippen LogP contribution in [-0.4, -0.2) is 12.0 Å². The SMILES string of the molecule is COC1=C([N+](=O)[O-])C(C)CC(C)C1. The molecule has 1 aliphatic rings. The minimum atomic E-state index is -0.310. The summed E-state index contributed by atoms with van der Waals surface area (Å²) in [6, 6.07) is 0. The lowest BCUT2D eigenvalue weighted by Crippen LogP contribution is -2.21. The Labute approximate surface area is 77.7 Å². The summed E-state index contributed by atoms with van der Waals surface area (Å²) in [6.07, 6.45) is 1.57. The molecule has 0 saturated carbocycles. The first-order valence-electron chi connectivity index (χ1n) is 4.47. The molecule has 0 N–H and O–H groups in total. The van der Waals surface area contributed by atoms with Crippen LogP contribution < -0.4 is 0 Å². The van der Waals surface area contributed by atoms with Crippen molar-refractivity contribution in [3.05, 3.63) is 21.6 Å². The quantitative estimate of drug-likeness (QED) is 0.489. The molecule has 0 spiro atoms. The highest BCUT2D eigenvalue weighted by molar-refractivity contribution is 5.08. The largest absolute Gasteiger partial charge is 0.494 e. The summed E-state index contributed by atoms with van der Waals surface area (Å²) in [5.74, 6) is 1.04. The standard InChI is InChI=1S/C9H15NO3/c1-6-4-7(2)9(10(11)12)8(5-6)13-3/h6-7H,4-5H2,1-3H3. The Kier molecular flexibility index (Phi) is 2.90. The second-order valence-electron chi connectivity index (χ2n) is 3.72. The molecule has 2 atom stereocenters. The van der Waals surface area contributed by atoms with Crippen molar-refractivity contribution in [2.45, 2.75) is 26.7 Å². The van der Waals surface area contributed by atoms with Gasteiger partial charge in [0.2, 0.25) is 0 Å². The first-order chi connectivity index (χ1) is 6.06. The average Bonchev–Trinajstić information content (AvgIpc) is 2.01. The van der Waals surface area contributed by atoms with E-state index in [0.29, 0.717) is 18.1 Å². The van der Waals surface area contributed by atoms with Gasteiger partial charge in [-0.2, -0.15) is 0 Å². The third-order valence-electron chi connectivity index (χ3n) is 2.49. The first kappa shape index (κ1) is 10.0. The number of nitro groups is 1. The lowest BCUT2D eigenvalue weighted by molar-refractivity contribution is -0.438. The number of rotatable bonds is 2. The second-order valence-corrected chi connectivity index (χ2v) is 3.72. The summed E-state index contributed by atoms with van der Waals surface area (Å²) in [7, 11) is 1.50. The van der Waals surface area contributed by atoms with Crippen LogP contribution in [0.1, 0.15) is 26.7 Å². The summed E-state index contributed by atoms with van der Waals surface area (Å²) in [5, 5.41) is 10.7. The van der Waals surface area contributed by atoms with Gasteiger partial charge >= 0.3 is 0 Å². The molecule has 0 aromatic heterocycles. The van der Waals surface area contributed by atoms with E-state index in [2.05, 4.69) is 6.92 Å². The van der Waals surface area contributed by atoms with Crippen molar-refractivity contribution in [1.82, 2.24) is 0 Å². The molecule has 0 aliphatic heterocycles. The van der Waals surface area contributed by atoms with Crippen LogP contribution >= 0.6 is 0 Å². The molecule has 0 aromatic carbocycles. The van der Waals surface area contributed by atoms with Crippen molar-refractivity contribution in [2.24, 2.45) is 11.8 Å². The van der Waals surface area contributed by atoms with Gasteiger partial charge in [0.1, 0.15) is 0 Å². The van der Waals surface area contributed by atoms with Gasteiger partial charge in [-0.25, -0.2) is 0 Å². The van der Waals surface area contributed by atoms with E-state index in [1.54, 1.807) is 0 Å². The lowest BCUT2D eigenvalue weighted by atomic mass is 9.85. The fourth-order valence-corrected chi connectivity index (χ4v) is 1.96. The van der Waals surface area contributed by atoms with Crippen LogP contribution in [0.15, 0.2) is 11.5 Å². The third kappa shape index (κ3) is 1.99. The first-order valence-corrected chi connectivity index (χ1v) is 4.47. The summed E-state index contributed by atoms with van der Waals surface area (Å²) >= 11 is 0. The molecule has 1 aliphatic carbocycles. The Hall–Kier alpha value is -1.06. The number of hydrogen-bond acceptors (Lipinski definition) is 3. The molecule has 4 heteroatoms. The van der Waals surface area contributed by atoms with Gasteiger partial charge in [-0.1, -0.05) is 13.8 Å². The Morgan fingerprint density at radius 3 is 2.62 bits per heavy atom. The maximum absolute atomic E-state index is 10.7. The van der Waals surface area contributed by atoms with E-state index < -0.39 is 0 Å². The molecule has 0 aromatic rings. The Balaban J connectivity index is 2.99. The highest BCUT2D eigenvalue weighted by Gasteiger charge is 2.33. The number of allylic oxidation sites excluding steroid dienone is 2. The van der Waals surface area contributed by atoms with E-state index in [1.165, 1.54) is 7.11 Å². The van der Waals surface area contributed by atoms with Crippen molar-refractivity contribution >= 4 is 0 Å². The zero-order valence-corrected chi connectivity index (χ0v) is 8.24. The van der Waals surface area contributed by atoms with E-state index >= 15 is 0 Å². The number of ether oxygens (including phenoxy) is 1. The van der Waals surface area contributed by atoms with Crippen LogP contribution in [0.2, 0.25) is 0 Å². The van der Waals surface area contributed by atoms with E-state index in [0.717, 1.165) is 6.42 Å². The van der Waals surface area contributed by atoms with Crippen molar-refractivity contribution in [3.63, 3.8) is 0 Å². The number of methoxy groups -OCH3 is 1. The van der Waals surface area contributed by atoms with Gasteiger partial charge in [0, 0.05) is 6.42 Å². The molecular weight excluding hydrogens is 170 g/mol. The summed E-state index contributed by atoms with van der Waals surface area (Å²) in [6.45, 7) is 3.97. The van der Waals surface area contributed by atoms with Crippen molar-refractivity contribution in [2.75, 3.05) is 7.11 Å². The molecule has 1 rings (SSSR count). The van der Waals surface area contributed by atoms with Gasteiger partial charge in [0.25, 0.3) is 5.70 Å². The van der Waals surface area contributed by atoms with Gasteiger partial charge in [-0.3, -0.25) is 10.1 Å². The maximum atomic E-state index is 10.7. The van der Waals surface area contributed by atoms with Gasteiger partial charge in [-0.15, -0.1) is 0 Å². The average molecular weight is 185 g/mol. The van der Waals surface area contributed by atoms with E-state index in [9.17, 15) is 10.1 Å². The van der Waals surface area contributed by atoms with E-state index in [4.69, 9.17) is 4.74 Å². The van der Waals surface area contributed by atoms with Gasteiger partial charge in [0.15, 0.2) is 5.76 Å². The van der Waals surface area contributed by atoms with Crippen LogP contribution in [0.5, 0.6) is 0 Å². The van der Waals surface area contributed by atoms with Crippen LogP contribution in [0, 0.1) is 22.0 Å². The van der Waals surface area contributed by atoms with Crippen LogP contribution in [0.4, 0.5) is 0 Å². The molecule has 4 nitrogen and oxygen atoms in total. The van der Waals surface area contributed by atoms with Crippen LogP contribution in [0.3, 0.4) is 0 Å². The maximum Gasteiger partial charge on any atom is 0.286 e. The number of nitrogens with zero attached hydrogens (tertiary/aromatic N) is 1. The minimum absolute atomic E-state index is 0.00806. The Morgan fingerprint density at radius 2 is 2.15 bits per heavy atom. The van der Waals surface area contributed by atoms with Crippen molar-refractivity contribution < 1.29 is 9.66 Å². The molecular formula is C9H15NO3. The monoisotopic (exact) mass is 185 g/mol. The molecule has 0 heterocycles. The summed E-state index contributed by atoms with van der Waals surface area (Å²) in [5.41, 5.74) is 0.264. The van der Waals surface area contributed by atoms with Gasteiger partial charge in [0.05, 0.1) is 18.0 Å². The van der Waals surface area contributed by atoms with Crippen molar-refractivity contribution in [3.8, 4) is 0 Å². The molecule has 74 valence electrons. The molecule has 13 heavy (non-hydrogen) atoms.